The molecule has 0 fully saturated rings. The number of amides is 1. The van der Waals surface area contributed by atoms with E-state index in [1.54, 1.807) is 25.0 Å². The summed E-state index contributed by atoms with van der Waals surface area (Å²) >= 11 is 3.36. The van der Waals surface area contributed by atoms with Crippen LogP contribution in [0.2, 0.25) is 0 Å². The lowest BCUT2D eigenvalue weighted by Gasteiger charge is -2.18. The Hall–Kier alpha value is -2.16. The summed E-state index contributed by atoms with van der Waals surface area (Å²) in [5.74, 6) is -1.60. The van der Waals surface area contributed by atoms with Gasteiger partial charge < -0.3 is 10.0 Å². The Bertz CT molecular complexity index is 686. The van der Waals surface area contributed by atoms with E-state index in [1.807, 2.05) is 0 Å². The third-order valence-corrected chi connectivity index (χ3v) is 3.78. The Morgan fingerprint density at radius 1 is 1.29 bits per heavy atom. The molecule has 1 N–H and O–H groups in total. The minimum Gasteiger partial charge on any atom is -0.478 e. The van der Waals surface area contributed by atoms with Gasteiger partial charge in [0, 0.05) is 21.1 Å². The van der Waals surface area contributed by atoms with Gasteiger partial charge in [0.1, 0.15) is 11.3 Å². The van der Waals surface area contributed by atoms with Crippen molar-refractivity contribution in [1.82, 2.24) is 24.5 Å². The van der Waals surface area contributed by atoms with E-state index in [9.17, 15) is 9.59 Å². The molecule has 2 rings (SSSR count). The number of rotatable bonds is 4. The van der Waals surface area contributed by atoms with Gasteiger partial charge in [0.25, 0.3) is 5.91 Å². The smallest absolute Gasteiger partial charge is 0.339 e. The highest BCUT2D eigenvalue weighted by Gasteiger charge is 2.25. The molecule has 112 valence electrons. The van der Waals surface area contributed by atoms with Crippen molar-refractivity contribution in [1.29, 1.82) is 0 Å². The van der Waals surface area contributed by atoms with E-state index >= 15 is 0 Å². The summed E-state index contributed by atoms with van der Waals surface area (Å²) in [5, 5.41) is 17.0. The van der Waals surface area contributed by atoms with Crippen molar-refractivity contribution in [2.24, 2.45) is 14.1 Å². The molecule has 0 spiro atoms. The number of nitrogens with zero attached hydrogens (tertiary/aromatic N) is 5. The first-order chi connectivity index (χ1) is 9.82. The van der Waals surface area contributed by atoms with Crippen molar-refractivity contribution in [2.75, 3.05) is 7.05 Å². The van der Waals surface area contributed by atoms with Crippen LogP contribution >= 0.6 is 15.9 Å². The predicted octanol–water partition coefficient (Wildman–Crippen LogP) is 0.887. The summed E-state index contributed by atoms with van der Waals surface area (Å²) in [7, 11) is 4.90. The van der Waals surface area contributed by atoms with Gasteiger partial charge in [0.15, 0.2) is 0 Å². The maximum atomic E-state index is 12.5. The number of carboxylic acid groups (broad SMARTS) is 1. The van der Waals surface area contributed by atoms with Gasteiger partial charge in [-0.2, -0.15) is 10.2 Å². The first-order valence-corrected chi connectivity index (χ1v) is 6.79. The number of carbonyl (C=O) groups excluding carboxylic acids is 1. The molecule has 0 aliphatic carbocycles. The van der Waals surface area contributed by atoms with Crippen LogP contribution in [-0.4, -0.2) is 48.5 Å². The highest BCUT2D eigenvalue weighted by Crippen LogP contribution is 2.18. The molecule has 0 aliphatic rings. The van der Waals surface area contributed by atoms with Crippen LogP contribution < -0.4 is 0 Å². The largest absolute Gasteiger partial charge is 0.478 e. The highest BCUT2D eigenvalue weighted by molar-refractivity contribution is 9.10. The van der Waals surface area contributed by atoms with Crippen LogP contribution in [0, 0.1) is 0 Å². The van der Waals surface area contributed by atoms with Crippen LogP contribution in [0.15, 0.2) is 16.9 Å². The zero-order valence-corrected chi connectivity index (χ0v) is 13.3. The molecular weight excluding hydrogens is 342 g/mol. The molecule has 8 nitrogen and oxygen atoms in total. The number of aromatic carboxylic acids is 1. The Morgan fingerprint density at radius 3 is 2.43 bits per heavy atom. The standard InChI is InChI=1S/C12H14BrN5O3/c1-16(6-9-8(13)5-15-17(9)2)11(19)10-7(12(20)21)4-14-18(10)3/h4-5H,6H2,1-3H3,(H,20,21). The molecule has 2 aromatic rings. The quantitative estimate of drug-likeness (QED) is 0.878. The summed E-state index contributed by atoms with van der Waals surface area (Å²) in [6.07, 6.45) is 2.81. The lowest BCUT2D eigenvalue weighted by Crippen LogP contribution is -2.30. The van der Waals surface area contributed by atoms with Crippen molar-refractivity contribution in [2.45, 2.75) is 6.54 Å². The van der Waals surface area contributed by atoms with E-state index in [1.165, 1.54) is 22.8 Å². The van der Waals surface area contributed by atoms with Gasteiger partial charge in [-0.1, -0.05) is 0 Å². The number of carboxylic acids is 1. The molecule has 1 amide bonds. The molecular formula is C12H14BrN5O3. The van der Waals surface area contributed by atoms with Crippen LogP contribution in [0.3, 0.4) is 0 Å². The average molecular weight is 356 g/mol. The third kappa shape index (κ3) is 2.82. The van der Waals surface area contributed by atoms with Crippen LogP contribution in [-0.2, 0) is 20.6 Å². The summed E-state index contributed by atoms with van der Waals surface area (Å²) in [4.78, 5) is 25.0. The molecule has 0 saturated heterocycles. The van der Waals surface area contributed by atoms with Crippen LogP contribution in [0.25, 0.3) is 0 Å². The maximum Gasteiger partial charge on any atom is 0.339 e. The van der Waals surface area contributed by atoms with Crippen molar-refractivity contribution in [3.05, 3.63) is 33.8 Å². The van der Waals surface area contributed by atoms with Gasteiger partial charge in [0.2, 0.25) is 0 Å². The number of aryl methyl sites for hydroxylation is 2. The van der Waals surface area contributed by atoms with E-state index in [0.717, 1.165) is 10.2 Å². The molecule has 9 heteroatoms. The first kappa shape index (κ1) is 15.2. The van der Waals surface area contributed by atoms with Gasteiger partial charge in [-0.05, 0) is 15.9 Å². The molecule has 21 heavy (non-hydrogen) atoms. The zero-order valence-electron chi connectivity index (χ0n) is 11.7. The van der Waals surface area contributed by atoms with Crippen molar-refractivity contribution in [3.8, 4) is 0 Å². The summed E-state index contributed by atoms with van der Waals surface area (Å²) in [5.41, 5.74) is 0.742. The average Bonchev–Trinajstić information content (AvgIpc) is 2.95. The van der Waals surface area contributed by atoms with Gasteiger partial charge in [-0.3, -0.25) is 14.2 Å². The molecule has 0 atom stereocenters. The van der Waals surface area contributed by atoms with Gasteiger partial charge >= 0.3 is 5.97 Å². The highest BCUT2D eigenvalue weighted by atomic mass is 79.9. The lowest BCUT2D eigenvalue weighted by molar-refractivity contribution is 0.0677. The molecule has 0 saturated carbocycles. The van der Waals surface area contributed by atoms with Crippen molar-refractivity contribution in [3.63, 3.8) is 0 Å². The molecule has 0 aliphatic heterocycles. The number of hydrogen-bond donors (Lipinski definition) is 1. The Balaban J connectivity index is 2.28. The molecule has 2 heterocycles. The molecule has 0 aromatic carbocycles. The normalized spacial score (nSPS) is 10.7. The predicted molar refractivity (Wildman–Crippen MR) is 76.9 cm³/mol. The Labute approximate surface area is 129 Å². The minimum absolute atomic E-state index is 0.0447. The summed E-state index contributed by atoms with van der Waals surface area (Å²) in [6, 6.07) is 0. The molecule has 2 aromatic heterocycles. The van der Waals surface area contributed by atoms with Gasteiger partial charge in [-0.15, -0.1) is 0 Å². The van der Waals surface area contributed by atoms with E-state index in [4.69, 9.17) is 5.11 Å². The fourth-order valence-corrected chi connectivity index (χ4v) is 2.41. The number of halogens is 1. The Kier molecular flexibility index (Phi) is 4.12. The van der Waals surface area contributed by atoms with Crippen LogP contribution in [0.1, 0.15) is 26.5 Å². The molecule has 0 radical (unpaired) electrons. The second kappa shape index (κ2) is 5.68. The summed E-state index contributed by atoms with van der Waals surface area (Å²) in [6.45, 7) is 0.292. The summed E-state index contributed by atoms with van der Waals surface area (Å²) < 4.78 is 3.70. The van der Waals surface area contributed by atoms with E-state index in [0.29, 0.717) is 6.54 Å². The number of hydrogen-bond acceptors (Lipinski definition) is 4. The monoisotopic (exact) mass is 355 g/mol. The third-order valence-electron chi connectivity index (χ3n) is 3.12. The van der Waals surface area contributed by atoms with E-state index < -0.39 is 11.9 Å². The van der Waals surface area contributed by atoms with E-state index in [2.05, 4.69) is 26.1 Å². The van der Waals surface area contributed by atoms with Crippen LogP contribution in [0.5, 0.6) is 0 Å². The lowest BCUT2D eigenvalue weighted by atomic mass is 10.2. The second-order valence-corrected chi connectivity index (χ2v) is 5.41. The molecule has 0 unspecified atom stereocenters. The number of aromatic nitrogens is 4. The van der Waals surface area contributed by atoms with Gasteiger partial charge in [-0.25, -0.2) is 4.79 Å². The fraction of sp³-hybridized carbons (Fsp3) is 0.333. The second-order valence-electron chi connectivity index (χ2n) is 4.56. The van der Waals surface area contributed by atoms with Gasteiger partial charge in [0.05, 0.1) is 29.1 Å². The fourth-order valence-electron chi connectivity index (χ4n) is 1.94. The SMILES string of the molecule is CN(Cc1c(Br)cnn1C)C(=O)c1c(C(=O)O)cnn1C. The van der Waals surface area contributed by atoms with Crippen LogP contribution in [0.4, 0.5) is 0 Å². The first-order valence-electron chi connectivity index (χ1n) is 6.00. The van der Waals surface area contributed by atoms with E-state index in [-0.39, 0.29) is 11.3 Å². The Morgan fingerprint density at radius 2 is 1.90 bits per heavy atom. The zero-order chi connectivity index (χ0) is 15.7. The van der Waals surface area contributed by atoms with Crippen molar-refractivity contribution >= 4 is 27.8 Å². The molecule has 0 bridgehead atoms. The topological polar surface area (TPSA) is 93.2 Å². The van der Waals surface area contributed by atoms with Crippen molar-refractivity contribution < 1.29 is 14.7 Å². The number of carbonyl (C=O) groups is 2. The maximum absolute atomic E-state index is 12.5. The minimum atomic E-state index is -1.18.